The van der Waals surface area contributed by atoms with Gasteiger partial charge in [0, 0.05) is 17.4 Å². The standard InChI is InChI=1S/C25H22N4OS2/c1-17-9-11-18(12-10-17)25-26-19(16-32-25)13-14-23-27-28-24(22-8-5-15-31-22)29(23)20-6-3-4-7-21(20)30-2/h3-12,15-16H,13-14H2,1-2H3. The number of aryl methyl sites for hydroxylation is 3. The first-order valence-electron chi connectivity index (χ1n) is 10.4. The molecule has 7 heteroatoms. The van der Waals surface area contributed by atoms with Crippen molar-refractivity contribution in [1.29, 1.82) is 0 Å². The summed E-state index contributed by atoms with van der Waals surface area (Å²) in [5.74, 6) is 2.52. The van der Waals surface area contributed by atoms with E-state index in [1.807, 2.05) is 30.3 Å². The largest absolute Gasteiger partial charge is 0.495 e. The topological polar surface area (TPSA) is 52.8 Å². The smallest absolute Gasteiger partial charge is 0.178 e. The Kier molecular flexibility index (Phi) is 5.83. The Bertz CT molecular complexity index is 1320. The van der Waals surface area contributed by atoms with Gasteiger partial charge in [0.1, 0.15) is 16.6 Å². The normalized spacial score (nSPS) is 11.1. The summed E-state index contributed by atoms with van der Waals surface area (Å²) in [5.41, 5.74) is 4.42. The van der Waals surface area contributed by atoms with Crippen molar-refractivity contribution in [2.45, 2.75) is 19.8 Å². The Morgan fingerprint density at radius 2 is 1.75 bits per heavy atom. The Morgan fingerprint density at radius 1 is 0.906 bits per heavy atom. The van der Waals surface area contributed by atoms with Gasteiger partial charge in [0.05, 0.1) is 23.4 Å². The molecule has 0 saturated heterocycles. The van der Waals surface area contributed by atoms with Crippen LogP contribution in [-0.2, 0) is 12.8 Å². The number of hydrogen-bond acceptors (Lipinski definition) is 6. The molecule has 0 N–H and O–H groups in total. The van der Waals surface area contributed by atoms with E-state index in [9.17, 15) is 0 Å². The molecule has 0 unspecified atom stereocenters. The summed E-state index contributed by atoms with van der Waals surface area (Å²) in [6.07, 6.45) is 1.52. The first-order valence-corrected chi connectivity index (χ1v) is 12.1. The monoisotopic (exact) mass is 458 g/mol. The number of nitrogens with zero attached hydrogens (tertiary/aromatic N) is 4. The molecule has 0 spiro atoms. The summed E-state index contributed by atoms with van der Waals surface area (Å²) in [5, 5.41) is 14.3. The summed E-state index contributed by atoms with van der Waals surface area (Å²) in [7, 11) is 1.69. The summed E-state index contributed by atoms with van der Waals surface area (Å²) >= 11 is 3.33. The van der Waals surface area contributed by atoms with Gasteiger partial charge in [-0.25, -0.2) is 4.98 Å². The molecular weight excluding hydrogens is 436 g/mol. The number of ether oxygens (including phenoxy) is 1. The molecule has 0 aliphatic rings. The van der Waals surface area contributed by atoms with Crippen molar-refractivity contribution in [2.75, 3.05) is 7.11 Å². The molecule has 2 aromatic carbocycles. The number of benzene rings is 2. The van der Waals surface area contributed by atoms with Crippen LogP contribution in [0.4, 0.5) is 0 Å². The van der Waals surface area contributed by atoms with Gasteiger partial charge in [-0.2, -0.15) is 0 Å². The maximum absolute atomic E-state index is 5.64. The molecule has 5 nitrogen and oxygen atoms in total. The lowest BCUT2D eigenvalue weighted by atomic mass is 10.1. The summed E-state index contributed by atoms with van der Waals surface area (Å²) < 4.78 is 7.75. The van der Waals surface area contributed by atoms with Crippen molar-refractivity contribution in [2.24, 2.45) is 0 Å². The fraction of sp³-hybridized carbons (Fsp3) is 0.160. The molecule has 5 aromatic rings. The second-order valence-electron chi connectivity index (χ2n) is 7.43. The van der Waals surface area contributed by atoms with Gasteiger partial charge in [0.25, 0.3) is 0 Å². The fourth-order valence-electron chi connectivity index (χ4n) is 3.60. The number of hydrogen-bond donors (Lipinski definition) is 0. The van der Waals surface area contributed by atoms with Crippen LogP contribution in [-0.4, -0.2) is 26.9 Å². The highest BCUT2D eigenvalue weighted by molar-refractivity contribution is 7.13. The highest BCUT2D eigenvalue weighted by Crippen LogP contribution is 2.31. The van der Waals surface area contributed by atoms with E-state index < -0.39 is 0 Å². The van der Waals surface area contributed by atoms with E-state index in [2.05, 4.69) is 62.8 Å². The lowest BCUT2D eigenvalue weighted by molar-refractivity contribution is 0.412. The van der Waals surface area contributed by atoms with Crippen molar-refractivity contribution in [3.05, 3.63) is 88.5 Å². The molecule has 160 valence electrons. The Morgan fingerprint density at radius 3 is 2.53 bits per heavy atom. The minimum Gasteiger partial charge on any atom is -0.495 e. The van der Waals surface area contributed by atoms with E-state index in [0.29, 0.717) is 0 Å². The molecule has 3 aromatic heterocycles. The molecular formula is C25H22N4OS2. The maximum atomic E-state index is 5.64. The molecule has 0 aliphatic carbocycles. The lowest BCUT2D eigenvalue weighted by Gasteiger charge is -2.13. The average molecular weight is 459 g/mol. The molecule has 0 aliphatic heterocycles. The minimum absolute atomic E-state index is 0.730. The van der Waals surface area contributed by atoms with E-state index in [0.717, 1.165) is 57.1 Å². The SMILES string of the molecule is COc1ccccc1-n1c(CCc2csc(-c3ccc(C)cc3)n2)nnc1-c1cccs1. The molecule has 0 fully saturated rings. The van der Waals surface area contributed by atoms with Gasteiger partial charge < -0.3 is 4.74 Å². The third-order valence-electron chi connectivity index (χ3n) is 5.25. The van der Waals surface area contributed by atoms with Crippen LogP contribution >= 0.6 is 22.7 Å². The van der Waals surface area contributed by atoms with E-state index in [1.54, 1.807) is 29.8 Å². The van der Waals surface area contributed by atoms with Crippen LogP contribution in [0.15, 0.2) is 71.4 Å². The van der Waals surface area contributed by atoms with Crippen molar-refractivity contribution in [3.8, 4) is 32.7 Å². The molecule has 0 radical (unpaired) electrons. The second-order valence-corrected chi connectivity index (χ2v) is 9.24. The van der Waals surface area contributed by atoms with Crippen LogP contribution in [0.5, 0.6) is 5.75 Å². The third-order valence-corrected chi connectivity index (χ3v) is 7.06. The van der Waals surface area contributed by atoms with Crippen molar-refractivity contribution < 1.29 is 4.74 Å². The summed E-state index contributed by atoms with van der Waals surface area (Å²) in [6, 6.07) is 20.6. The highest BCUT2D eigenvalue weighted by Gasteiger charge is 2.19. The molecule has 0 amide bonds. The lowest BCUT2D eigenvalue weighted by Crippen LogP contribution is -2.06. The van der Waals surface area contributed by atoms with Crippen molar-refractivity contribution in [3.63, 3.8) is 0 Å². The van der Waals surface area contributed by atoms with Gasteiger partial charge in [0.15, 0.2) is 5.82 Å². The van der Waals surface area contributed by atoms with Crippen molar-refractivity contribution >= 4 is 22.7 Å². The van der Waals surface area contributed by atoms with Gasteiger partial charge >= 0.3 is 0 Å². The van der Waals surface area contributed by atoms with Crippen LogP contribution in [0, 0.1) is 6.92 Å². The predicted octanol–water partition coefficient (Wildman–Crippen LogP) is 6.22. The maximum Gasteiger partial charge on any atom is 0.178 e. The highest BCUT2D eigenvalue weighted by atomic mass is 32.1. The molecule has 0 bridgehead atoms. The van der Waals surface area contributed by atoms with E-state index in [1.165, 1.54) is 5.56 Å². The fourth-order valence-corrected chi connectivity index (χ4v) is 5.16. The van der Waals surface area contributed by atoms with Crippen LogP contribution in [0.25, 0.3) is 27.0 Å². The number of thiazole rings is 1. The first kappa shape index (κ1) is 20.6. The van der Waals surface area contributed by atoms with Crippen LogP contribution < -0.4 is 4.74 Å². The number of para-hydroxylation sites is 2. The van der Waals surface area contributed by atoms with Crippen molar-refractivity contribution in [1.82, 2.24) is 19.7 Å². The van der Waals surface area contributed by atoms with Crippen LogP contribution in [0.3, 0.4) is 0 Å². The predicted molar refractivity (Wildman–Crippen MR) is 131 cm³/mol. The first-order chi connectivity index (χ1) is 15.7. The van der Waals surface area contributed by atoms with Gasteiger partial charge in [-0.05, 0) is 36.9 Å². The minimum atomic E-state index is 0.730. The third kappa shape index (κ3) is 4.09. The number of methoxy groups -OCH3 is 1. The molecule has 5 rings (SSSR count). The summed E-state index contributed by atoms with van der Waals surface area (Å²) in [6.45, 7) is 2.10. The van der Waals surface area contributed by atoms with Gasteiger partial charge in [-0.15, -0.1) is 32.9 Å². The van der Waals surface area contributed by atoms with E-state index in [-0.39, 0.29) is 0 Å². The van der Waals surface area contributed by atoms with Gasteiger partial charge in [-0.1, -0.05) is 48.0 Å². The average Bonchev–Trinajstić information content (AvgIpc) is 3.58. The molecule has 3 heterocycles. The zero-order chi connectivity index (χ0) is 21.9. The number of aromatic nitrogens is 4. The van der Waals surface area contributed by atoms with Crippen LogP contribution in [0.2, 0.25) is 0 Å². The van der Waals surface area contributed by atoms with E-state index in [4.69, 9.17) is 9.72 Å². The molecule has 0 saturated carbocycles. The summed E-state index contributed by atoms with van der Waals surface area (Å²) in [4.78, 5) is 5.93. The Hall–Kier alpha value is -3.29. The van der Waals surface area contributed by atoms with Crippen LogP contribution in [0.1, 0.15) is 17.1 Å². The zero-order valence-corrected chi connectivity index (χ0v) is 19.5. The quantitative estimate of drug-likeness (QED) is 0.290. The number of thiophene rings is 1. The zero-order valence-electron chi connectivity index (χ0n) is 17.9. The Balaban J connectivity index is 1.45. The van der Waals surface area contributed by atoms with Gasteiger partial charge in [-0.3, -0.25) is 4.57 Å². The number of rotatable bonds is 7. The Labute approximate surface area is 195 Å². The molecule has 0 atom stereocenters. The van der Waals surface area contributed by atoms with E-state index >= 15 is 0 Å². The molecule has 32 heavy (non-hydrogen) atoms. The second kappa shape index (κ2) is 9.06. The van der Waals surface area contributed by atoms with Gasteiger partial charge in [0.2, 0.25) is 0 Å².